The van der Waals surface area contributed by atoms with E-state index in [0.717, 1.165) is 4.31 Å². The van der Waals surface area contributed by atoms with Gasteiger partial charge in [0.2, 0.25) is 16.8 Å². The van der Waals surface area contributed by atoms with E-state index in [-0.39, 0.29) is 28.7 Å². The monoisotopic (exact) mass is 374 g/mol. The number of hydrogen-bond donors (Lipinski definition) is 2. The molecule has 0 fully saturated rings. The Hall–Kier alpha value is -3.33. The van der Waals surface area contributed by atoms with Crippen molar-refractivity contribution in [1.29, 1.82) is 0 Å². The van der Waals surface area contributed by atoms with Crippen LogP contribution < -0.4 is 9.04 Å². The third-order valence-electron chi connectivity index (χ3n) is 3.55. The lowest BCUT2D eigenvalue weighted by atomic mass is 10.2. The van der Waals surface area contributed by atoms with E-state index < -0.39 is 16.9 Å². The summed E-state index contributed by atoms with van der Waals surface area (Å²) < 4.78 is 35.1. The average molecular weight is 374 g/mol. The molecular weight excluding hydrogens is 360 g/mol. The lowest BCUT2D eigenvalue weighted by Crippen LogP contribution is -2.16. The average Bonchev–Trinajstić information content (AvgIpc) is 3.12. The van der Waals surface area contributed by atoms with Gasteiger partial charge in [0.15, 0.2) is 5.82 Å². The molecule has 0 radical (unpaired) electrons. The van der Waals surface area contributed by atoms with Crippen molar-refractivity contribution < 1.29 is 27.5 Å². The highest BCUT2D eigenvalue weighted by molar-refractivity contribution is 7.74. The molecule has 0 saturated heterocycles. The van der Waals surface area contributed by atoms with Crippen LogP contribution in [-0.4, -0.2) is 31.6 Å². The smallest absolute Gasteiger partial charge is 0.335 e. The first-order chi connectivity index (χ1) is 12.5. The molecule has 0 bridgehead atoms. The highest BCUT2D eigenvalue weighted by atomic mass is 32.2. The number of ether oxygens (including phenoxy) is 1. The Morgan fingerprint density at radius 2 is 1.92 bits per heavy atom. The lowest BCUT2D eigenvalue weighted by Gasteiger charge is -2.17. The molecule has 0 spiro atoms. The summed E-state index contributed by atoms with van der Waals surface area (Å²) in [5.74, 6) is -0.793. The number of aromatic carboxylic acids is 1. The molecule has 9 heteroatoms. The predicted molar refractivity (Wildman–Crippen MR) is 94.3 cm³/mol. The number of oxazole rings is 1. The number of rotatable bonds is 6. The van der Waals surface area contributed by atoms with Crippen molar-refractivity contribution in [3.8, 4) is 17.2 Å². The number of anilines is 2. The van der Waals surface area contributed by atoms with Crippen LogP contribution >= 0.6 is 0 Å². The Morgan fingerprint density at radius 3 is 2.54 bits per heavy atom. The van der Waals surface area contributed by atoms with E-state index in [1.54, 1.807) is 24.3 Å². The summed E-state index contributed by atoms with van der Waals surface area (Å²) in [6.07, 6.45) is 1.21. The number of carboxylic acids is 1. The van der Waals surface area contributed by atoms with Gasteiger partial charge in [0.25, 0.3) is 0 Å². The molecule has 0 atom stereocenters. The second-order valence-electron chi connectivity index (χ2n) is 5.12. The van der Waals surface area contributed by atoms with Gasteiger partial charge < -0.3 is 14.3 Å². The SMILES string of the molecule is COc1cc(C(=O)O)ccc1N(c1coc(-c2ccccc2)n1)[SH](=O)=O. The van der Waals surface area contributed by atoms with E-state index >= 15 is 0 Å². The molecule has 0 aliphatic rings. The third-order valence-corrected chi connectivity index (χ3v) is 4.29. The predicted octanol–water partition coefficient (Wildman–Crippen LogP) is 2.71. The fraction of sp³-hybridized carbons (Fsp3) is 0.0588. The van der Waals surface area contributed by atoms with E-state index in [1.165, 1.54) is 31.6 Å². The van der Waals surface area contributed by atoms with Gasteiger partial charge in [-0.25, -0.2) is 17.5 Å². The first-order valence-corrected chi connectivity index (χ1v) is 8.51. The van der Waals surface area contributed by atoms with Crippen molar-refractivity contribution >= 4 is 28.4 Å². The maximum atomic E-state index is 11.8. The molecule has 134 valence electrons. The van der Waals surface area contributed by atoms with Gasteiger partial charge in [-0.15, -0.1) is 0 Å². The van der Waals surface area contributed by atoms with Crippen LogP contribution in [0.2, 0.25) is 0 Å². The molecule has 0 aliphatic carbocycles. The second-order valence-corrected chi connectivity index (χ2v) is 5.99. The van der Waals surface area contributed by atoms with Crippen LogP contribution in [0.1, 0.15) is 10.4 Å². The van der Waals surface area contributed by atoms with Crippen molar-refractivity contribution in [2.45, 2.75) is 0 Å². The highest BCUT2D eigenvalue weighted by Crippen LogP contribution is 2.35. The Labute approximate surface area is 150 Å². The summed E-state index contributed by atoms with van der Waals surface area (Å²) >= 11 is 0. The minimum Gasteiger partial charge on any atom is -0.495 e. The number of carbonyl (C=O) groups is 1. The number of benzene rings is 2. The maximum absolute atomic E-state index is 11.8. The number of hydrogen-bond acceptors (Lipinski definition) is 6. The van der Waals surface area contributed by atoms with E-state index in [1.807, 2.05) is 6.07 Å². The molecule has 26 heavy (non-hydrogen) atoms. The number of thiol groups is 1. The lowest BCUT2D eigenvalue weighted by molar-refractivity contribution is 0.0696. The van der Waals surface area contributed by atoms with Crippen molar-refractivity contribution in [3.63, 3.8) is 0 Å². The Bertz CT molecular complexity index is 1010. The van der Waals surface area contributed by atoms with Crippen molar-refractivity contribution in [1.82, 2.24) is 4.98 Å². The summed E-state index contributed by atoms with van der Waals surface area (Å²) in [7, 11) is -1.82. The fourth-order valence-electron chi connectivity index (χ4n) is 2.36. The van der Waals surface area contributed by atoms with E-state index in [4.69, 9.17) is 14.3 Å². The normalized spacial score (nSPS) is 10.7. The van der Waals surface area contributed by atoms with Crippen molar-refractivity contribution in [2.75, 3.05) is 11.4 Å². The molecule has 0 saturated carbocycles. The number of carboxylic acid groups (broad SMARTS) is 1. The molecule has 8 nitrogen and oxygen atoms in total. The van der Waals surface area contributed by atoms with Crippen LogP contribution in [0.4, 0.5) is 11.5 Å². The molecule has 0 amide bonds. The quantitative estimate of drug-likeness (QED) is 0.638. The van der Waals surface area contributed by atoms with Gasteiger partial charge in [-0.1, -0.05) is 18.2 Å². The van der Waals surface area contributed by atoms with Gasteiger partial charge in [-0.2, -0.15) is 4.98 Å². The van der Waals surface area contributed by atoms with Gasteiger partial charge in [-0.3, -0.25) is 0 Å². The van der Waals surface area contributed by atoms with Crippen LogP contribution in [0.5, 0.6) is 5.75 Å². The molecule has 2 aromatic carbocycles. The van der Waals surface area contributed by atoms with Crippen LogP contribution in [0.15, 0.2) is 59.2 Å². The first-order valence-electron chi connectivity index (χ1n) is 7.38. The van der Waals surface area contributed by atoms with Gasteiger partial charge in [-0.05, 0) is 30.3 Å². The van der Waals surface area contributed by atoms with Crippen LogP contribution in [0, 0.1) is 0 Å². The standard InChI is InChI=1S/C17H14N2O6S/c1-24-14-9-12(17(20)21)7-8-13(14)19(26(22)23)15-10-25-16(18-15)11-5-3-2-4-6-11/h2-10,26H,1H3,(H,20,21). The van der Waals surface area contributed by atoms with Crippen LogP contribution in [0.25, 0.3) is 11.5 Å². The van der Waals surface area contributed by atoms with E-state index in [0.29, 0.717) is 5.56 Å². The zero-order chi connectivity index (χ0) is 18.7. The third kappa shape index (κ3) is 3.38. The Morgan fingerprint density at radius 1 is 1.19 bits per heavy atom. The summed E-state index contributed by atoms with van der Waals surface area (Å²) in [6.45, 7) is 0. The van der Waals surface area contributed by atoms with Crippen LogP contribution in [-0.2, 0) is 10.9 Å². The summed E-state index contributed by atoms with van der Waals surface area (Å²) in [4.78, 5) is 15.3. The van der Waals surface area contributed by atoms with Gasteiger partial charge in [0, 0.05) is 5.56 Å². The van der Waals surface area contributed by atoms with Gasteiger partial charge in [0.05, 0.1) is 12.7 Å². The minimum absolute atomic E-state index is 0.0290. The fourth-order valence-corrected chi connectivity index (χ4v) is 2.96. The second kappa shape index (κ2) is 7.28. The van der Waals surface area contributed by atoms with E-state index in [2.05, 4.69) is 4.98 Å². The molecule has 3 rings (SSSR count). The van der Waals surface area contributed by atoms with Gasteiger partial charge >= 0.3 is 5.97 Å². The Balaban J connectivity index is 2.06. The summed E-state index contributed by atoms with van der Waals surface area (Å²) in [5.41, 5.74) is 0.784. The van der Waals surface area contributed by atoms with Gasteiger partial charge in [0.1, 0.15) is 17.7 Å². The zero-order valence-electron chi connectivity index (χ0n) is 13.5. The largest absolute Gasteiger partial charge is 0.495 e. The zero-order valence-corrected chi connectivity index (χ0v) is 14.4. The number of aromatic nitrogens is 1. The molecule has 3 aromatic rings. The van der Waals surface area contributed by atoms with Crippen molar-refractivity contribution in [3.05, 3.63) is 60.4 Å². The Kier molecular flexibility index (Phi) is 4.90. The minimum atomic E-state index is -3.14. The molecule has 1 heterocycles. The molecule has 0 aliphatic heterocycles. The van der Waals surface area contributed by atoms with Crippen molar-refractivity contribution in [2.24, 2.45) is 0 Å². The molecule has 1 aromatic heterocycles. The van der Waals surface area contributed by atoms with E-state index in [9.17, 15) is 13.2 Å². The van der Waals surface area contributed by atoms with Crippen LogP contribution in [0.3, 0.4) is 0 Å². The maximum Gasteiger partial charge on any atom is 0.335 e. The molecule has 1 N–H and O–H groups in total. The molecule has 0 unspecified atom stereocenters. The highest BCUT2D eigenvalue weighted by Gasteiger charge is 2.22. The summed E-state index contributed by atoms with van der Waals surface area (Å²) in [5, 5.41) is 9.07. The topological polar surface area (TPSA) is 110 Å². The first kappa shape index (κ1) is 17.5. The number of methoxy groups -OCH3 is 1. The summed E-state index contributed by atoms with van der Waals surface area (Å²) in [6, 6.07) is 12.9. The molecular formula is C17H14N2O6S. The number of nitrogens with zero attached hydrogens (tertiary/aromatic N) is 2.